The number of benzene rings is 2. The van der Waals surface area contributed by atoms with E-state index in [0.29, 0.717) is 40.8 Å². The van der Waals surface area contributed by atoms with Gasteiger partial charge in [0.2, 0.25) is 11.6 Å². The fraction of sp³-hybridized carbons (Fsp3) is 0.346. The number of rotatable bonds is 6. The zero-order valence-corrected chi connectivity index (χ0v) is 19.4. The van der Waals surface area contributed by atoms with E-state index in [0.717, 1.165) is 31.5 Å². The van der Waals surface area contributed by atoms with Crippen LogP contribution in [0.4, 0.5) is 16.0 Å². The van der Waals surface area contributed by atoms with Crippen LogP contribution in [0, 0.1) is 12.4 Å². The molecule has 3 aromatic rings. The van der Waals surface area contributed by atoms with Gasteiger partial charge >= 0.3 is 0 Å². The van der Waals surface area contributed by atoms with Crippen LogP contribution in [-0.2, 0) is 13.5 Å². The molecule has 0 unspecified atom stereocenters. The largest absolute Gasteiger partial charge is 0.396 e. The monoisotopic (exact) mass is 461 g/mol. The normalized spacial score (nSPS) is 14.3. The third-order valence-electron chi connectivity index (χ3n) is 6.44. The van der Waals surface area contributed by atoms with Gasteiger partial charge in [-0.3, -0.25) is 9.36 Å². The van der Waals surface area contributed by atoms with Crippen LogP contribution in [0.25, 0.3) is 27.2 Å². The van der Waals surface area contributed by atoms with Gasteiger partial charge in [-0.1, -0.05) is 36.4 Å². The van der Waals surface area contributed by atoms with Gasteiger partial charge in [-0.2, -0.15) is 0 Å². The van der Waals surface area contributed by atoms with Crippen molar-refractivity contribution >= 4 is 11.6 Å². The minimum atomic E-state index is -0.643. The second-order valence-electron chi connectivity index (χ2n) is 8.50. The van der Waals surface area contributed by atoms with Crippen LogP contribution < -0.4 is 15.8 Å². The topological polar surface area (TPSA) is 74.8 Å². The lowest BCUT2D eigenvalue weighted by Gasteiger charge is -2.33. The number of halogens is 1. The predicted octanol–water partition coefficient (Wildman–Crippen LogP) is 3.53. The van der Waals surface area contributed by atoms with Crippen molar-refractivity contribution in [2.75, 3.05) is 31.6 Å². The van der Waals surface area contributed by atoms with Crippen LogP contribution in [0.15, 0.2) is 47.3 Å². The van der Waals surface area contributed by atoms with E-state index in [1.165, 1.54) is 12.1 Å². The number of nitrogens with zero attached hydrogens (tertiary/aromatic N) is 4. The van der Waals surface area contributed by atoms with Gasteiger partial charge in [0.25, 0.3) is 5.56 Å². The zero-order chi connectivity index (χ0) is 24.2. The first-order chi connectivity index (χ1) is 16.5. The van der Waals surface area contributed by atoms with E-state index >= 15 is 0 Å². The Bertz CT molecular complexity index is 1270. The fourth-order valence-electron chi connectivity index (χ4n) is 4.42. The molecule has 176 valence electrons. The Morgan fingerprint density at radius 1 is 1.18 bits per heavy atom. The van der Waals surface area contributed by atoms with Crippen molar-refractivity contribution in [3.05, 3.63) is 75.6 Å². The van der Waals surface area contributed by atoms with Gasteiger partial charge in [-0.15, -0.1) is 0 Å². The number of piperidine rings is 1. The molecule has 0 saturated carbocycles. The number of aromatic nitrogens is 2. The summed E-state index contributed by atoms with van der Waals surface area (Å²) in [6.45, 7) is 8.69. The molecule has 1 saturated heterocycles. The average molecular weight is 462 g/mol. The Labute approximate surface area is 198 Å². The van der Waals surface area contributed by atoms with Gasteiger partial charge < -0.3 is 15.3 Å². The molecular weight excluding hydrogens is 433 g/mol. The van der Waals surface area contributed by atoms with Gasteiger partial charge in [0.15, 0.2) is 0 Å². The van der Waals surface area contributed by atoms with Crippen LogP contribution in [-0.4, -0.2) is 47.4 Å². The predicted molar refractivity (Wildman–Crippen MR) is 132 cm³/mol. The van der Waals surface area contributed by atoms with E-state index in [1.807, 2.05) is 31.3 Å². The van der Waals surface area contributed by atoms with E-state index in [1.54, 1.807) is 17.7 Å². The molecular formula is C26H28FN5O2. The Balaban J connectivity index is 1.88. The van der Waals surface area contributed by atoms with Crippen molar-refractivity contribution in [3.63, 3.8) is 0 Å². The number of hydrogen-bond donors (Lipinski definition) is 2. The summed E-state index contributed by atoms with van der Waals surface area (Å²) in [5, 5.41) is 12.5. The van der Waals surface area contributed by atoms with E-state index in [9.17, 15) is 14.3 Å². The molecule has 1 aromatic heterocycles. The molecule has 1 aliphatic rings. The lowest BCUT2D eigenvalue weighted by molar-refractivity contribution is 0.299. The van der Waals surface area contributed by atoms with Crippen molar-refractivity contribution in [2.24, 2.45) is 7.05 Å². The SMILES string of the molecule is [C-]#[N+]c1ccc(-c2nc(N3CCC(NC)CC3)n(C)c(=O)c2-c2ccc(CCO)cc2)cc1F. The van der Waals surface area contributed by atoms with Crippen LogP contribution in [0.3, 0.4) is 0 Å². The first-order valence-electron chi connectivity index (χ1n) is 11.4. The highest BCUT2D eigenvalue weighted by molar-refractivity contribution is 5.81. The molecule has 7 nitrogen and oxygen atoms in total. The van der Waals surface area contributed by atoms with Gasteiger partial charge in [-0.05, 0) is 43.5 Å². The average Bonchev–Trinajstić information content (AvgIpc) is 2.86. The van der Waals surface area contributed by atoms with Crippen LogP contribution in [0.2, 0.25) is 0 Å². The molecule has 34 heavy (non-hydrogen) atoms. The molecule has 1 aliphatic heterocycles. The Kier molecular flexibility index (Phi) is 7.06. The molecule has 4 rings (SSSR count). The molecule has 2 heterocycles. The number of nitrogens with one attached hydrogen (secondary N) is 1. The van der Waals surface area contributed by atoms with E-state index in [-0.39, 0.29) is 17.9 Å². The quantitative estimate of drug-likeness (QED) is 0.550. The molecule has 2 N–H and O–H groups in total. The Hall–Kier alpha value is -3.54. The first-order valence-corrected chi connectivity index (χ1v) is 11.4. The molecule has 8 heteroatoms. The van der Waals surface area contributed by atoms with Gasteiger partial charge in [-0.25, -0.2) is 14.2 Å². The summed E-state index contributed by atoms with van der Waals surface area (Å²) in [4.78, 5) is 23.9. The maximum absolute atomic E-state index is 14.6. The maximum Gasteiger partial charge on any atom is 0.263 e. The second-order valence-corrected chi connectivity index (χ2v) is 8.50. The molecule has 0 bridgehead atoms. The van der Waals surface area contributed by atoms with Gasteiger partial charge in [0, 0.05) is 38.3 Å². The third-order valence-corrected chi connectivity index (χ3v) is 6.44. The molecule has 0 aliphatic carbocycles. The van der Waals surface area contributed by atoms with Crippen molar-refractivity contribution in [1.29, 1.82) is 0 Å². The summed E-state index contributed by atoms with van der Waals surface area (Å²) in [6.07, 6.45) is 2.39. The summed E-state index contributed by atoms with van der Waals surface area (Å²) in [5.41, 5.74) is 2.54. The Morgan fingerprint density at radius 3 is 2.44 bits per heavy atom. The minimum absolute atomic E-state index is 0.0412. The van der Waals surface area contributed by atoms with E-state index < -0.39 is 5.82 Å². The molecule has 0 atom stereocenters. The van der Waals surface area contributed by atoms with Crippen LogP contribution in [0.1, 0.15) is 18.4 Å². The molecule has 0 spiro atoms. The summed E-state index contributed by atoms with van der Waals surface area (Å²) >= 11 is 0. The van der Waals surface area contributed by atoms with Crippen molar-refractivity contribution < 1.29 is 9.50 Å². The smallest absolute Gasteiger partial charge is 0.263 e. The standard InChI is InChI=1S/C26H28FN5O2/c1-28-20-10-13-32(14-11-20)26-30-24(19-8-9-22(29-2)21(27)16-19)23(25(34)31(26)3)18-6-4-17(5-7-18)12-15-33/h4-9,16,20,28,33H,10-15H2,1,3H3. The molecule has 2 aromatic carbocycles. The Morgan fingerprint density at radius 2 is 1.85 bits per heavy atom. The van der Waals surface area contributed by atoms with Crippen molar-refractivity contribution in [2.45, 2.75) is 25.3 Å². The van der Waals surface area contributed by atoms with Crippen LogP contribution in [0.5, 0.6) is 0 Å². The maximum atomic E-state index is 14.6. The van der Waals surface area contributed by atoms with Crippen molar-refractivity contribution in [3.8, 4) is 22.4 Å². The molecule has 0 radical (unpaired) electrons. The van der Waals surface area contributed by atoms with E-state index in [4.69, 9.17) is 11.6 Å². The number of anilines is 1. The highest BCUT2D eigenvalue weighted by Crippen LogP contribution is 2.33. The van der Waals surface area contributed by atoms with Crippen molar-refractivity contribution in [1.82, 2.24) is 14.9 Å². The third kappa shape index (κ3) is 4.58. The molecule has 0 amide bonds. The second kappa shape index (κ2) is 10.2. The zero-order valence-electron chi connectivity index (χ0n) is 19.4. The van der Waals surface area contributed by atoms with Gasteiger partial charge in [0.1, 0.15) is 5.82 Å². The van der Waals surface area contributed by atoms with E-state index in [2.05, 4.69) is 15.1 Å². The lowest BCUT2D eigenvalue weighted by Crippen LogP contribution is -2.43. The van der Waals surface area contributed by atoms with Crippen LogP contribution >= 0.6 is 0 Å². The fourth-order valence-corrected chi connectivity index (χ4v) is 4.42. The van der Waals surface area contributed by atoms with Gasteiger partial charge in [0.05, 0.1) is 17.8 Å². The summed E-state index contributed by atoms with van der Waals surface area (Å²) in [6, 6.07) is 12.2. The minimum Gasteiger partial charge on any atom is -0.396 e. The summed E-state index contributed by atoms with van der Waals surface area (Å²) in [5.74, 6) is -0.0968. The summed E-state index contributed by atoms with van der Waals surface area (Å²) in [7, 11) is 3.67. The number of hydrogen-bond acceptors (Lipinski definition) is 5. The first kappa shape index (κ1) is 23.6. The number of aliphatic hydroxyl groups excluding tert-OH is 1. The molecule has 1 fully saturated rings. The highest BCUT2D eigenvalue weighted by Gasteiger charge is 2.25. The summed E-state index contributed by atoms with van der Waals surface area (Å²) < 4.78 is 16.1. The lowest BCUT2D eigenvalue weighted by atomic mass is 9.98. The number of aliphatic hydroxyl groups is 1. The highest BCUT2D eigenvalue weighted by atomic mass is 19.1.